The van der Waals surface area contributed by atoms with Gasteiger partial charge in [-0.3, -0.25) is 25.8 Å². The Balaban J connectivity index is 1.57. The first-order chi connectivity index (χ1) is 16.5. The normalized spacial score (nSPS) is 10.8. The number of fused-ring (bicyclic) bond motifs is 2. The predicted molar refractivity (Wildman–Crippen MR) is 130 cm³/mol. The highest BCUT2D eigenvalue weighted by Gasteiger charge is 2.18. The number of carbonyl (C=O) groups is 1. The van der Waals surface area contributed by atoms with Crippen molar-refractivity contribution in [3.05, 3.63) is 117 Å². The highest BCUT2D eigenvalue weighted by atomic mass is 16.6. The zero-order chi connectivity index (χ0) is 23.7. The Morgan fingerprint density at radius 3 is 2.41 bits per heavy atom. The summed E-state index contributed by atoms with van der Waals surface area (Å²) in [7, 11) is 0. The number of rotatable bonds is 5. The lowest BCUT2D eigenvalue weighted by atomic mass is 9.94. The lowest BCUT2D eigenvalue weighted by molar-refractivity contribution is -0.384. The molecular formula is C26H17N3O5. The molecule has 0 bridgehead atoms. The van der Waals surface area contributed by atoms with Crippen LogP contribution in [0.25, 0.3) is 32.9 Å². The van der Waals surface area contributed by atoms with Crippen LogP contribution < -0.4 is 16.5 Å². The van der Waals surface area contributed by atoms with Gasteiger partial charge in [0.2, 0.25) is 0 Å². The summed E-state index contributed by atoms with van der Waals surface area (Å²) < 4.78 is 5.13. The minimum absolute atomic E-state index is 0.157. The van der Waals surface area contributed by atoms with Crippen molar-refractivity contribution in [1.82, 2.24) is 5.43 Å². The van der Waals surface area contributed by atoms with Crippen LogP contribution in [0.4, 0.5) is 11.4 Å². The fourth-order valence-corrected chi connectivity index (χ4v) is 3.93. The van der Waals surface area contributed by atoms with Gasteiger partial charge in [0.1, 0.15) is 5.58 Å². The van der Waals surface area contributed by atoms with Crippen LogP contribution in [0.3, 0.4) is 0 Å². The van der Waals surface area contributed by atoms with Crippen molar-refractivity contribution in [1.29, 1.82) is 0 Å². The smallest absolute Gasteiger partial charge is 0.338 e. The third-order valence-corrected chi connectivity index (χ3v) is 5.49. The van der Waals surface area contributed by atoms with Crippen molar-refractivity contribution >= 4 is 39.0 Å². The Hall–Kier alpha value is -4.98. The first-order valence-electron chi connectivity index (χ1n) is 10.4. The van der Waals surface area contributed by atoms with Gasteiger partial charge in [-0.1, -0.05) is 66.7 Å². The van der Waals surface area contributed by atoms with Gasteiger partial charge in [-0.2, -0.15) is 0 Å². The molecule has 4 aromatic carbocycles. The molecule has 1 amide bonds. The van der Waals surface area contributed by atoms with Gasteiger partial charge >= 0.3 is 5.63 Å². The average Bonchev–Trinajstić information content (AvgIpc) is 2.86. The molecule has 34 heavy (non-hydrogen) atoms. The van der Waals surface area contributed by atoms with Crippen LogP contribution in [0.15, 0.2) is 100 Å². The molecule has 0 atom stereocenters. The van der Waals surface area contributed by atoms with E-state index in [2.05, 4.69) is 10.9 Å². The Labute approximate surface area is 192 Å². The van der Waals surface area contributed by atoms with Crippen molar-refractivity contribution in [3.8, 4) is 11.1 Å². The third kappa shape index (κ3) is 3.84. The molecule has 0 unspecified atom stereocenters. The van der Waals surface area contributed by atoms with Crippen LogP contribution in [0.2, 0.25) is 0 Å². The second kappa shape index (κ2) is 8.51. The van der Waals surface area contributed by atoms with Crippen molar-refractivity contribution < 1.29 is 14.1 Å². The topological polar surface area (TPSA) is 114 Å². The maximum absolute atomic E-state index is 13.4. The number of nitrogens with zero attached hydrogens (tertiary/aromatic N) is 1. The van der Waals surface area contributed by atoms with Crippen LogP contribution in [0.1, 0.15) is 10.4 Å². The van der Waals surface area contributed by atoms with E-state index in [1.807, 2.05) is 66.7 Å². The molecule has 0 aliphatic rings. The number of benzene rings is 4. The standard InChI is InChI=1S/C26H17N3O5/c30-24-15-22(21-14-18(29(32)33)11-13-23(21)34-24)27-28-26(31)25-19-9-5-4-8-17(19)10-12-20(25)16-6-2-1-3-7-16/h1-15,27H,(H,28,31). The van der Waals surface area contributed by atoms with Crippen LogP contribution in [0, 0.1) is 10.1 Å². The number of nitro benzene ring substituents is 1. The number of nitro groups is 1. The summed E-state index contributed by atoms with van der Waals surface area (Å²) in [5.41, 5.74) is 6.98. The summed E-state index contributed by atoms with van der Waals surface area (Å²) in [6, 6.07) is 25.9. The fraction of sp³-hybridized carbons (Fsp3) is 0. The zero-order valence-corrected chi connectivity index (χ0v) is 17.6. The molecule has 0 saturated heterocycles. The minimum atomic E-state index is -0.659. The van der Waals surface area contributed by atoms with E-state index in [0.717, 1.165) is 28.0 Å². The summed E-state index contributed by atoms with van der Waals surface area (Å²) in [5.74, 6) is -0.428. The quantitative estimate of drug-likeness (QED) is 0.213. The molecule has 0 fully saturated rings. The van der Waals surface area contributed by atoms with Crippen LogP contribution in [-0.2, 0) is 0 Å². The van der Waals surface area contributed by atoms with E-state index in [0.29, 0.717) is 5.56 Å². The summed E-state index contributed by atoms with van der Waals surface area (Å²) in [4.78, 5) is 36.1. The van der Waals surface area contributed by atoms with E-state index in [-0.39, 0.29) is 22.3 Å². The minimum Gasteiger partial charge on any atom is -0.423 e. The van der Waals surface area contributed by atoms with Crippen LogP contribution in [0.5, 0.6) is 0 Å². The number of hydrogen-bond donors (Lipinski definition) is 2. The predicted octanol–water partition coefficient (Wildman–Crippen LogP) is 5.28. The molecule has 1 aromatic heterocycles. The van der Waals surface area contributed by atoms with Gasteiger partial charge in [-0.15, -0.1) is 0 Å². The van der Waals surface area contributed by atoms with E-state index in [1.54, 1.807) is 0 Å². The van der Waals surface area contributed by atoms with Gasteiger partial charge in [-0.05, 0) is 28.0 Å². The lowest BCUT2D eigenvalue weighted by Gasteiger charge is -2.15. The zero-order valence-electron chi connectivity index (χ0n) is 17.6. The van der Waals surface area contributed by atoms with Gasteiger partial charge in [-0.25, -0.2) is 4.79 Å². The molecular weight excluding hydrogens is 434 g/mol. The first kappa shape index (κ1) is 20.9. The highest BCUT2D eigenvalue weighted by Crippen LogP contribution is 2.31. The first-order valence-corrected chi connectivity index (χ1v) is 10.4. The van der Waals surface area contributed by atoms with Crippen LogP contribution in [-0.4, -0.2) is 10.8 Å². The Morgan fingerprint density at radius 2 is 1.62 bits per heavy atom. The number of non-ortho nitro benzene ring substituents is 1. The van der Waals surface area contributed by atoms with E-state index in [9.17, 15) is 19.7 Å². The fourth-order valence-electron chi connectivity index (χ4n) is 3.93. The largest absolute Gasteiger partial charge is 0.423 e. The highest BCUT2D eigenvalue weighted by molar-refractivity contribution is 6.13. The number of hydrogen-bond acceptors (Lipinski definition) is 6. The summed E-state index contributed by atoms with van der Waals surface area (Å²) in [6.07, 6.45) is 0. The van der Waals surface area contributed by atoms with Gasteiger partial charge in [0.05, 0.1) is 16.2 Å². The molecule has 166 valence electrons. The number of carbonyl (C=O) groups excluding carboxylic acids is 1. The maximum atomic E-state index is 13.4. The Kier molecular flexibility index (Phi) is 5.23. The molecule has 0 radical (unpaired) electrons. The summed E-state index contributed by atoms with van der Waals surface area (Å²) >= 11 is 0. The average molecular weight is 451 g/mol. The van der Waals surface area contributed by atoms with Crippen molar-refractivity contribution in [2.75, 3.05) is 5.43 Å². The summed E-state index contributed by atoms with van der Waals surface area (Å²) in [6.45, 7) is 0. The van der Waals surface area contributed by atoms with E-state index >= 15 is 0 Å². The monoisotopic (exact) mass is 451 g/mol. The lowest BCUT2D eigenvalue weighted by Crippen LogP contribution is -2.30. The molecule has 1 heterocycles. The number of anilines is 1. The van der Waals surface area contributed by atoms with E-state index in [4.69, 9.17) is 4.42 Å². The number of nitrogens with one attached hydrogen (secondary N) is 2. The van der Waals surface area contributed by atoms with Gasteiger partial charge in [0.25, 0.3) is 11.6 Å². The van der Waals surface area contributed by atoms with Crippen molar-refractivity contribution in [2.45, 2.75) is 0 Å². The SMILES string of the molecule is O=C(NNc1cc(=O)oc2ccc([N+](=O)[O-])cc12)c1c(-c2ccccc2)ccc2ccccc12. The molecule has 8 heteroatoms. The molecule has 5 aromatic rings. The molecule has 0 spiro atoms. The third-order valence-electron chi connectivity index (χ3n) is 5.49. The Bertz CT molecular complexity index is 1630. The summed E-state index contributed by atoms with van der Waals surface area (Å²) in [5, 5.41) is 13.1. The number of amides is 1. The van der Waals surface area contributed by atoms with Gasteiger partial charge in [0.15, 0.2) is 0 Å². The molecule has 0 aliphatic heterocycles. The van der Waals surface area contributed by atoms with E-state index < -0.39 is 16.5 Å². The maximum Gasteiger partial charge on any atom is 0.338 e. The van der Waals surface area contributed by atoms with Gasteiger partial charge < -0.3 is 4.42 Å². The molecule has 0 aliphatic carbocycles. The van der Waals surface area contributed by atoms with Gasteiger partial charge in [0, 0.05) is 23.6 Å². The van der Waals surface area contributed by atoms with Crippen molar-refractivity contribution in [2.24, 2.45) is 0 Å². The second-order valence-electron chi connectivity index (χ2n) is 7.57. The molecule has 0 saturated carbocycles. The number of hydrazine groups is 1. The molecule has 8 nitrogen and oxygen atoms in total. The Morgan fingerprint density at radius 1 is 0.853 bits per heavy atom. The van der Waals surface area contributed by atoms with Crippen molar-refractivity contribution in [3.63, 3.8) is 0 Å². The van der Waals surface area contributed by atoms with Crippen LogP contribution >= 0.6 is 0 Å². The van der Waals surface area contributed by atoms with E-state index in [1.165, 1.54) is 18.2 Å². The second-order valence-corrected chi connectivity index (χ2v) is 7.57. The molecule has 2 N–H and O–H groups in total. The molecule has 5 rings (SSSR count).